The van der Waals surface area contributed by atoms with Crippen LogP contribution in [-0.4, -0.2) is 50.8 Å². The molecule has 0 radical (unpaired) electrons. The van der Waals surface area contributed by atoms with E-state index in [-0.39, 0.29) is 29.3 Å². The summed E-state index contributed by atoms with van der Waals surface area (Å²) in [5, 5.41) is 27.8. The molecule has 2 rings (SSSR count). The number of phenols is 1. The zero-order chi connectivity index (χ0) is 14.2. The zero-order valence-corrected chi connectivity index (χ0v) is 10.5. The van der Waals surface area contributed by atoms with E-state index in [0.717, 1.165) is 4.90 Å². The van der Waals surface area contributed by atoms with E-state index in [1.54, 1.807) is 0 Å². The number of aromatic hydroxyl groups is 1. The Hall–Kier alpha value is -1.79. The van der Waals surface area contributed by atoms with Crippen molar-refractivity contribution in [3.63, 3.8) is 0 Å². The van der Waals surface area contributed by atoms with Gasteiger partial charge < -0.3 is 20.2 Å². The monoisotopic (exact) mass is 285 g/mol. The standard InChI is InChI=1S/C12H12ClNO5/c13-8-3-6(1-2-10(8)16)11(17)14-5-7(15)4-9(14)12(18)19/h1-3,7,9,15-16H,4-5H2,(H,18,19)/t7-,9-/m1/s1. The van der Waals surface area contributed by atoms with Gasteiger partial charge in [0.25, 0.3) is 5.91 Å². The molecule has 1 fully saturated rings. The predicted molar refractivity (Wildman–Crippen MR) is 66.2 cm³/mol. The van der Waals surface area contributed by atoms with Gasteiger partial charge in [-0.3, -0.25) is 4.79 Å². The third kappa shape index (κ3) is 2.64. The summed E-state index contributed by atoms with van der Waals surface area (Å²) in [6.07, 6.45) is -0.843. The van der Waals surface area contributed by atoms with Crippen LogP contribution in [-0.2, 0) is 4.79 Å². The number of aliphatic hydroxyl groups is 1. The normalized spacial score (nSPS) is 22.5. The molecular weight excluding hydrogens is 274 g/mol. The largest absolute Gasteiger partial charge is 0.506 e. The van der Waals surface area contributed by atoms with Gasteiger partial charge in [0.15, 0.2) is 0 Å². The lowest BCUT2D eigenvalue weighted by Crippen LogP contribution is -2.40. The maximum atomic E-state index is 12.2. The van der Waals surface area contributed by atoms with Crippen molar-refractivity contribution in [2.24, 2.45) is 0 Å². The number of β-amino-alcohol motifs (C(OH)–C–C–N with tert-alkyl or cyclic N) is 1. The lowest BCUT2D eigenvalue weighted by Gasteiger charge is -2.21. The second kappa shape index (κ2) is 5.07. The van der Waals surface area contributed by atoms with Crippen LogP contribution in [0.2, 0.25) is 5.02 Å². The summed E-state index contributed by atoms with van der Waals surface area (Å²) in [4.78, 5) is 24.3. The number of carboxylic acid groups (broad SMARTS) is 1. The summed E-state index contributed by atoms with van der Waals surface area (Å²) < 4.78 is 0. The average molecular weight is 286 g/mol. The Balaban J connectivity index is 2.27. The number of hydrogen-bond acceptors (Lipinski definition) is 4. The molecule has 0 aliphatic carbocycles. The minimum atomic E-state index is -1.16. The van der Waals surface area contributed by atoms with Crippen molar-refractivity contribution in [1.82, 2.24) is 4.90 Å². The number of carbonyl (C=O) groups excluding carboxylic acids is 1. The Labute approximate surface area is 113 Å². The molecule has 1 aliphatic rings. The summed E-state index contributed by atoms with van der Waals surface area (Å²) in [5.41, 5.74) is 0.170. The van der Waals surface area contributed by atoms with Crippen LogP contribution in [0.15, 0.2) is 18.2 Å². The molecule has 1 aromatic carbocycles. The van der Waals surface area contributed by atoms with Crippen LogP contribution in [0.4, 0.5) is 0 Å². The van der Waals surface area contributed by atoms with Gasteiger partial charge in [-0.15, -0.1) is 0 Å². The summed E-state index contributed by atoms with van der Waals surface area (Å²) in [6, 6.07) is 2.84. The van der Waals surface area contributed by atoms with Crippen molar-refractivity contribution >= 4 is 23.5 Å². The Morgan fingerprint density at radius 1 is 1.37 bits per heavy atom. The van der Waals surface area contributed by atoms with Gasteiger partial charge in [0.1, 0.15) is 11.8 Å². The van der Waals surface area contributed by atoms with Crippen molar-refractivity contribution in [3.8, 4) is 5.75 Å². The smallest absolute Gasteiger partial charge is 0.326 e. The molecule has 0 unspecified atom stereocenters. The van der Waals surface area contributed by atoms with Crippen molar-refractivity contribution in [3.05, 3.63) is 28.8 Å². The van der Waals surface area contributed by atoms with Crippen LogP contribution < -0.4 is 0 Å². The number of amides is 1. The Morgan fingerprint density at radius 2 is 2.05 bits per heavy atom. The molecule has 102 valence electrons. The van der Waals surface area contributed by atoms with Crippen LogP contribution >= 0.6 is 11.6 Å². The minimum absolute atomic E-state index is 0.00683. The van der Waals surface area contributed by atoms with Gasteiger partial charge in [-0.2, -0.15) is 0 Å². The summed E-state index contributed by atoms with van der Waals surface area (Å²) in [5.74, 6) is -1.85. The highest BCUT2D eigenvalue weighted by Crippen LogP contribution is 2.26. The number of halogens is 1. The number of likely N-dealkylation sites (tertiary alicyclic amines) is 1. The Kier molecular flexibility index (Phi) is 3.64. The lowest BCUT2D eigenvalue weighted by atomic mass is 10.1. The van der Waals surface area contributed by atoms with Crippen molar-refractivity contribution in [2.45, 2.75) is 18.6 Å². The van der Waals surface area contributed by atoms with Gasteiger partial charge in [0.2, 0.25) is 0 Å². The van der Waals surface area contributed by atoms with Crippen LogP contribution in [0, 0.1) is 0 Å². The molecule has 3 N–H and O–H groups in total. The van der Waals surface area contributed by atoms with E-state index in [1.165, 1.54) is 18.2 Å². The van der Waals surface area contributed by atoms with Gasteiger partial charge in [-0.25, -0.2) is 4.79 Å². The second-order valence-electron chi connectivity index (χ2n) is 4.37. The van der Waals surface area contributed by atoms with Gasteiger partial charge in [0.05, 0.1) is 11.1 Å². The molecule has 1 aromatic rings. The fourth-order valence-corrected chi connectivity index (χ4v) is 2.26. The summed E-state index contributed by atoms with van der Waals surface area (Å²) in [6.45, 7) is -0.0334. The molecule has 19 heavy (non-hydrogen) atoms. The Bertz CT molecular complexity index is 533. The van der Waals surface area contributed by atoms with E-state index >= 15 is 0 Å². The third-order valence-corrected chi connectivity index (χ3v) is 3.32. The van der Waals surface area contributed by atoms with E-state index in [1.807, 2.05) is 0 Å². The number of hydrogen-bond donors (Lipinski definition) is 3. The van der Waals surface area contributed by atoms with Gasteiger partial charge in [-0.1, -0.05) is 11.6 Å². The maximum absolute atomic E-state index is 12.2. The highest BCUT2D eigenvalue weighted by molar-refractivity contribution is 6.32. The predicted octanol–water partition coefficient (Wildman–Crippen LogP) is 0.706. The molecule has 1 saturated heterocycles. The second-order valence-corrected chi connectivity index (χ2v) is 4.77. The molecule has 2 atom stereocenters. The van der Waals surface area contributed by atoms with Crippen LogP contribution in [0.1, 0.15) is 16.8 Å². The number of benzene rings is 1. The van der Waals surface area contributed by atoms with Crippen LogP contribution in [0.5, 0.6) is 5.75 Å². The Morgan fingerprint density at radius 3 is 2.63 bits per heavy atom. The molecule has 0 bridgehead atoms. The van der Waals surface area contributed by atoms with Gasteiger partial charge in [0, 0.05) is 18.5 Å². The van der Waals surface area contributed by atoms with E-state index in [4.69, 9.17) is 16.7 Å². The fourth-order valence-electron chi connectivity index (χ4n) is 2.08. The zero-order valence-electron chi connectivity index (χ0n) is 9.78. The maximum Gasteiger partial charge on any atom is 0.326 e. The highest BCUT2D eigenvalue weighted by atomic mass is 35.5. The number of carboxylic acids is 1. The molecule has 7 heteroatoms. The van der Waals surface area contributed by atoms with Crippen molar-refractivity contribution in [1.29, 1.82) is 0 Å². The van der Waals surface area contributed by atoms with E-state index in [0.29, 0.717) is 0 Å². The first kappa shape index (κ1) is 13.6. The molecule has 6 nitrogen and oxygen atoms in total. The first-order valence-electron chi connectivity index (χ1n) is 5.60. The summed E-state index contributed by atoms with van der Waals surface area (Å²) in [7, 11) is 0. The van der Waals surface area contributed by atoms with Crippen LogP contribution in [0.3, 0.4) is 0 Å². The lowest BCUT2D eigenvalue weighted by molar-refractivity contribution is -0.141. The van der Waals surface area contributed by atoms with Crippen molar-refractivity contribution in [2.75, 3.05) is 6.54 Å². The van der Waals surface area contributed by atoms with Gasteiger partial charge in [-0.05, 0) is 18.2 Å². The van der Waals surface area contributed by atoms with Gasteiger partial charge >= 0.3 is 5.97 Å². The molecule has 1 amide bonds. The topological polar surface area (TPSA) is 98.1 Å². The number of rotatable bonds is 2. The molecule has 0 aromatic heterocycles. The molecule has 0 spiro atoms. The van der Waals surface area contributed by atoms with E-state index in [9.17, 15) is 19.8 Å². The fraction of sp³-hybridized carbons (Fsp3) is 0.333. The SMILES string of the molecule is O=C(O)[C@H]1C[C@@H](O)CN1C(=O)c1ccc(O)c(Cl)c1. The number of phenolic OH excluding ortho intramolecular Hbond substituents is 1. The quantitative estimate of drug-likeness (QED) is 0.743. The number of aliphatic hydroxyl groups excluding tert-OH is 1. The van der Waals surface area contributed by atoms with Crippen LogP contribution in [0.25, 0.3) is 0 Å². The third-order valence-electron chi connectivity index (χ3n) is 3.02. The molecule has 0 saturated carbocycles. The first-order chi connectivity index (χ1) is 8.90. The first-order valence-corrected chi connectivity index (χ1v) is 5.98. The minimum Gasteiger partial charge on any atom is -0.506 e. The molecule has 1 heterocycles. The van der Waals surface area contributed by atoms with E-state index < -0.39 is 24.0 Å². The number of aliphatic carboxylic acids is 1. The van der Waals surface area contributed by atoms with Crippen molar-refractivity contribution < 1.29 is 24.9 Å². The highest BCUT2D eigenvalue weighted by Gasteiger charge is 2.39. The number of carbonyl (C=O) groups is 2. The average Bonchev–Trinajstić information content (AvgIpc) is 2.74. The number of nitrogens with zero attached hydrogens (tertiary/aromatic N) is 1. The summed E-state index contributed by atoms with van der Waals surface area (Å²) >= 11 is 5.71. The van der Waals surface area contributed by atoms with E-state index in [2.05, 4.69) is 0 Å². The molecule has 1 aliphatic heterocycles. The molecular formula is C12H12ClNO5.